The van der Waals surface area contributed by atoms with Gasteiger partial charge in [-0.1, -0.05) is 30.3 Å². The first-order valence-corrected chi connectivity index (χ1v) is 10.3. The SMILES string of the molecule is COCCNC(=O)c1ccccc1NC(=O)c1ccc(OCCOc2ccccc2)cc1. The van der Waals surface area contributed by atoms with Crippen molar-refractivity contribution in [1.29, 1.82) is 0 Å². The molecule has 3 aromatic rings. The highest BCUT2D eigenvalue weighted by Crippen LogP contribution is 2.18. The maximum absolute atomic E-state index is 12.7. The first kappa shape index (κ1) is 22.8. The van der Waals surface area contributed by atoms with E-state index < -0.39 is 0 Å². The molecule has 0 unspecified atom stereocenters. The highest BCUT2D eigenvalue weighted by molar-refractivity contribution is 6.09. The van der Waals surface area contributed by atoms with Gasteiger partial charge in [-0.3, -0.25) is 9.59 Å². The third-order valence-corrected chi connectivity index (χ3v) is 4.49. The van der Waals surface area contributed by atoms with Crippen molar-refractivity contribution in [3.63, 3.8) is 0 Å². The Hall–Kier alpha value is -3.84. The van der Waals surface area contributed by atoms with Crippen molar-refractivity contribution >= 4 is 17.5 Å². The Morgan fingerprint density at radius 3 is 2.03 bits per heavy atom. The Bertz CT molecular complexity index is 1010. The molecule has 2 N–H and O–H groups in total. The molecule has 0 atom stereocenters. The topological polar surface area (TPSA) is 85.9 Å². The smallest absolute Gasteiger partial charge is 0.255 e. The van der Waals surface area contributed by atoms with E-state index in [1.54, 1.807) is 55.6 Å². The number of para-hydroxylation sites is 2. The van der Waals surface area contributed by atoms with Crippen LogP contribution in [0.2, 0.25) is 0 Å². The van der Waals surface area contributed by atoms with Crippen molar-refractivity contribution in [3.8, 4) is 11.5 Å². The molecule has 0 aromatic heterocycles. The summed E-state index contributed by atoms with van der Waals surface area (Å²) in [4.78, 5) is 25.0. The van der Waals surface area contributed by atoms with Gasteiger partial charge in [-0.15, -0.1) is 0 Å². The minimum Gasteiger partial charge on any atom is -0.490 e. The maximum Gasteiger partial charge on any atom is 0.255 e. The van der Waals surface area contributed by atoms with Crippen molar-refractivity contribution in [3.05, 3.63) is 90.0 Å². The van der Waals surface area contributed by atoms with Crippen LogP contribution in [0.1, 0.15) is 20.7 Å². The molecule has 3 aromatic carbocycles. The van der Waals surface area contributed by atoms with Crippen molar-refractivity contribution < 1.29 is 23.8 Å². The summed E-state index contributed by atoms with van der Waals surface area (Å²) in [5.74, 6) is 0.826. The molecule has 0 aliphatic rings. The van der Waals surface area contributed by atoms with Gasteiger partial charge in [0.1, 0.15) is 24.7 Å². The number of carbonyl (C=O) groups excluding carboxylic acids is 2. The van der Waals surface area contributed by atoms with Gasteiger partial charge in [-0.05, 0) is 48.5 Å². The molecule has 7 heteroatoms. The van der Waals surface area contributed by atoms with E-state index in [0.717, 1.165) is 5.75 Å². The van der Waals surface area contributed by atoms with Gasteiger partial charge in [0, 0.05) is 19.2 Å². The van der Waals surface area contributed by atoms with Gasteiger partial charge >= 0.3 is 0 Å². The molecular formula is C25H26N2O5. The van der Waals surface area contributed by atoms with E-state index in [9.17, 15) is 9.59 Å². The number of ether oxygens (including phenoxy) is 3. The first-order valence-electron chi connectivity index (χ1n) is 10.3. The van der Waals surface area contributed by atoms with Crippen LogP contribution < -0.4 is 20.1 Å². The number of hydrogen-bond acceptors (Lipinski definition) is 5. The van der Waals surface area contributed by atoms with Gasteiger partial charge in [0.05, 0.1) is 17.9 Å². The minimum atomic E-state index is -0.318. The van der Waals surface area contributed by atoms with Crippen molar-refractivity contribution in [2.45, 2.75) is 0 Å². The number of benzene rings is 3. The average Bonchev–Trinajstić information content (AvgIpc) is 2.83. The zero-order valence-corrected chi connectivity index (χ0v) is 17.9. The van der Waals surface area contributed by atoms with Crippen molar-refractivity contribution in [2.24, 2.45) is 0 Å². The lowest BCUT2D eigenvalue weighted by Gasteiger charge is -2.12. The van der Waals surface area contributed by atoms with Crippen LogP contribution in [0.15, 0.2) is 78.9 Å². The quantitative estimate of drug-likeness (QED) is 0.449. The Labute approximate surface area is 187 Å². The van der Waals surface area contributed by atoms with E-state index in [0.29, 0.717) is 48.9 Å². The Morgan fingerprint density at radius 2 is 1.34 bits per heavy atom. The zero-order valence-electron chi connectivity index (χ0n) is 17.9. The largest absolute Gasteiger partial charge is 0.490 e. The molecule has 7 nitrogen and oxygen atoms in total. The molecule has 2 amide bonds. The number of methoxy groups -OCH3 is 1. The second-order valence-electron chi connectivity index (χ2n) is 6.78. The Balaban J connectivity index is 1.52. The van der Waals surface area contributed by atoms with Gasteiger partial charge in [0.25, 0.3) is 11.8 Å². The summed E-state index contributed by atoms with van der Waals surface area (Å²) < 4.78 is 16.2. The van der Waals surface area contributed by atoms with E-state index in [2.05, 4.69) is 10.6 Å². The van der Waals surface area contributed by atoms with Gasteiger partial charge in [0.2, 0.25) is 0 Å². The van der Waals surface area contributed by atoms with Crippen LogP contribution >= 0.6 is 0 Å². The van der Waals surface area contributed by atoms with Crippen molar-refractivity contribution in [1.82, 2.24) is 5.32 Å². The molecule has 0 spiro atoms. The molecule has 0 aliphatic heterocycles. The Morgan fingerprint density at radius 1 is 0.719 bits per heavy atom. The number of amides is 2. The number of hydrogen-bond donors (Lipinski definition) is 2. The molecule has 0 aliphatic carbocycles. The summed E-state index contributed by atoms with van der Waals surface area (Å²) in [6, 6.07) is 23.2. The maximum atomic E-state index is 12.7. The summed E-state index contributed by atoms with van der Waals surface area (Å²) in [5.41, 5.74) is 1.27. The van der Waals surface area contributed by atoms with Crippen LogP contribution in [0.25, 0.3) is 0 Å². The number of carbonyl (C=O) groups is 2. The average molecular weight is 434 g/mol. The first-order chi connectivity index (χ1) is 15.7. The highest BCUT2D eigenvalue weighted by Gasteiger charge is 2.14. The van der Waals surface area contributed by atoms with Gasteiger partial charge < -0.3 is 24.8 Å². The molecular weight excluding hydrogens is 408 g/mol. The number of anilines is 1. The predicted molar refractivity (Wildman–Crippen MR) is 122 cm³/mol. The predicted octanol–water partition coefficient (Wildman–Crippen LogP) is 3.77. The fraction of sp³-hybridized carbons (Fsp3) is 0.200. The molecule has 3 rings (SSSR count). The summed E-state index contributed by atoms with van der Waals surface area (Å²) in [6.45, 7) is 1.59. The Kier molecular flexibility index (Phi) is 8.65. The summed E-state index contributed by atoms with van der Waals surface area (Å²) in [5, 5.41) is 5.55. The molecule has 32 heavy (non-hydrogen) atoms. The lowest BCUT2D eigenvalue weighted by atomic mass is 10.1. The zero-order chi connectivity index (χ0) is 22.6. The number of rotatable bonds is 11. The second kappa shape index (κ2) is 12.1. The van der Waals surface area contributed by atoms with Gasteiger partial charge in [0.15, 0.2) is 0 Å². The van der Waals surface area contributed by atoms with Gasteiger partial charge in [-0.2, -0.15) is 0 Å². The summed E-state index contributed by atoms with van der Waals surface area (Å²) in [7, 11) is 1.56. The van der Waals surface area contributed by atoms with E-state index in [4.69, 9.17) is 14.2 Å². The molecule has 166 valence electrons. The van der Waals surface area contributed by atoms with E-state index in [1.807, 2.05) is 30.3 Å². The molecule has 0 bridgehead atoms. The van der Waals surface area contributed by atoms with E-state index in [-0.39, 0.29) is 11.8 Å². The molecule has 0 fully saturated rings. The second-order valence-corrected chi connectivity index (χ2v) is 6.78. The van der Waals surface area contributed by atoms with E-state index in [1.165, 1.54) is 0 Å². The summed E-state index contributed by atoms with van der Waals surface area (Å²) in [6.07, 6.45) is 0. The van der Waals surface area contributed by atoms with Crippen molar-refractivity contribution in [2.75, 3.05) is 38.8 Å². The lowest BCUT2D eigenvalue weighted by Crippen LogP contribution is -2.28. The van der Waals surface area contributed by atoms with Crippen LogP contribution in [-0.2, 0) is 4.74 Å². The molecule has 0 heterocycles. The lowest BCUT2D eigenvalue weighted by molar-refractivity contribution is 0.0938. The van der Waals surface area contributed by atoms with Gasteiger partial charge in [-0.25, -0.2) is 0 Å². The van der Waals surface area contributed by atoms with E-state index >= 15 is 0 Å². The fourth-order valence-electron chi connectivity index (χ4n) is 2.88. The normalized spacial score (nSPS) is 10.3. The standard InChI is InChI=1S/C25H26N2O5/c1-30-16-15-26-25(29)22-9-5-6-10-23(22)27-24(28)19-11-13-21(14-12-19)32-18-17-31-20-7-3-2-4-8-20/h2-14H,15-18H2,1H3,(H,26,29)(H,27,28). The summed E-state index contributed by atoms with van der Waals surface area (Å²) >= 11 is 0. The van der Waals surface area contributed by atoms with Crippen LogP contribution in [0, 0.1) is 0 Å². The third kappa shape index (κ3) is 6.85. The van der Waals surface area contributed by atoms with Crippen LogP contribution in [0.3, 0.4) is 0 Å². The van der Waals surface area contributed by atoms with Crippen LogP contribution in [0.4, 0.5) is 5.69 Å². The molecule has 0 radical (unpaired) electrons. The van der Waals surface area contributed by atoms with Crippen LogP contribution in [0.5, 0.6) is 11.5 Å². The minimum absolute atomic E-state index is 0.278. The third-order valence-electron chi connectivity index (χ3n) is 4.49. The monoisotopic (exact) mass is 434 g/mol. The highest BCUT2D eigenvalue weighted by atomic mass is 16.5. The molecule has 0 saturated heterocycles. The number of nitrogens with one attached hydrogen (secondary N) is 2. The fourth-order valence-corrected chi connectivity index (χ4v) is 2.88. The van der Waals surface area contributed by atoms with Crippen LogP contribution in [-0.4, -0.2) is 45.3 Å². The molecule has 0 saturated carbocycles.